The van der Waals surface area contributed by atoms with Crippen LogP contribution in [-0.4, -0.2) is 12.6 Å². The Morgan fingerprint density at radius 2 is 1.52 bits per heavy atom. The number of nitrogens with zero attached hydrogens (tertiary/aromatic N) is 1. The van der Waals surface area contributed by atoms with E-state index in [2.05, 4.69) is 136 Å². The van der Waals surface area contributed by atoms with E-state index in [0.29, 0.717) is 0 Å². The molecule has 0 spiro atoms. The number of aryl methyl sites for hydroxylation is 2. The zero-order chi connectivity index (χ0) is 25.7. The average molecular weight is 661 g/mol. The van der Waals surface area contributed by atoms with Crippen LogP contribution in [-0.2, 0) is 32.6 Å². The minimum Gasteiger partial charge on any atom is -1.00 e. The summed E-state index contributed by atoms with van der Waals surface area (Å²) in [4.78, 5) is 0. The van der Waals surface area contributed by atoms with Gasteiger partial charge in [0.1, 0.15) is 0 Å². The third-order valence-corrected chi connectivity index (χ3v) is 12.5. The van der Waals surface area contributed by atoms with Crippen molar-refractivity contribution in [2.45, 2.75) is 52.2 Å². The van der Waals surface area contributed by atoms with Crippen LogP contribution in [0, 0.1) is 6.92 Å². The molecule has 2 bridgehead atoms. The molecule has 1 nitrogen and oxygen atoms in total. The molecule has 1 radical (unpaired) electrons. The molecule has 1 atom stereocenters. The number of rotatable bonds is 4. The molecule has 0 amide bonds. The van der Waals surface area contributed by atoms with Crippen LogP contribution in [0.1, 0.15) is 48.1 Å². The zero-order valence-electron chi connectivity index (χ0n) is 23.9. The van der Waals surface area contributed by atoms with Gasteiger partial charge in [-0.05, 0) is 47.7 Å². The monoisotopic (exact) mass is 658 g/mol. The van der Waals surface area contributed by atoms with Gasteiger partial charge in [-0.3, -0.25) is 0 Å². The summed E-state index contributed by atoms with van der Waals surface area (Å²) in [5, 5.41) is 4.42. The molecule has 5 heteroatoms. The van der Waals surface area contributed by atoms with Crippen molar-refractivity contribution in [1.29, 1.82) is 0 Å². The minimum atomic E-state index is -1.12. The molecule has 0 fully saturated rings. The van der Waals surface area contributed by atoms with Crippen LogP contribution in [0.3, 0.4) is 0 Å². The molecular weight excluding hydrogens is 625 g/mol. The maximum atomic E-state index is 2.51. The first kappa shape index (κ1) is 32.5. The van der Waals surface area contributed by atoms with Crippen molar-refractivity contribution >= 4 is 24.0 Å². The molecule has 1 unspecified atom stereocenters. The van der Waals surface area contributed by atoms with E-state index in [0.717, 1.165) is 5.54 Å². The van der Waals surface area contributed by atoms with Crippen molar-refractivity contribution in [1.82, 2.24) is 4.57 Å². The Hall–Kier alpha value is -2.03. The third-order valence-electron chi connectivity index (χ3n) is 8.38. The standard InChI is InChI=1S/C19H19.C16H17NSi.2ClH.Zr/c1-3-5-15-8-10-16(11-9-15)18-7-4-6-17-12-14(2)13-19(17)18;1-11-15-13-9-17(12-7-5-4-6-8-12)10-14(13)16(11)18(15,2)3;;;/h4,6-13H,3,5H2,1-2H3;4-10,15H,1-3H3;2*1H;/q-1;;;;+3/p-2. The van der Waals surface area contributed by atoms with E-state index >= 15 is 0 Å². The van der Waals surface area contributed by atoms with Gasteiger partial charge in [-0.25, -0.2) is 0 Å². The second-order valence-electron chi connectivity index (χ2n) is 11.4. The Labute approximate surface area is 272 Å². The van der Waals surface area contributed by atoms with Crippen molar-refractivity contribution in [3.63, 3.8) is 0 Å². The molecule has 4 aromatic carbocycles. The van der Waals surface area contributed by atoms with E-state index in [1.54, 1.807) is 16.3 Å². The molecule has 8 rings (SSSR count). The maximum Gasteiger partial charge on any atom is 3.00 e. The predicted molar refractivity (Wildman–Crippen MR) is 162 cm³/mol. The van der Waals surface area contributed by atoms with E-state index in [1.807, 2.05) is 0 Å². The molecule has 2 aliphatic heterocycles. The Balaban J connectivity index is 0.000000205. The largest absolute Gasteiger partial charge is 3.00 e. The van der Waals surface area contributed by atoms with Crippen LogP contribution in [0.2, 0.25) is 13.1 Å². The smallest absolute Gasteiger partial charge is 1.00 e. The molecule has 0 saturated heterocycles. The molecule has 1 aliphatic carbocycles. The molecule has 5 aromatic rings. The summed E-state index contributed by atoms with van der Waals surface area (Å²) >= 11 is 0. The number of benzene rings is 3. The fraction of sp³-hybridized carbons (Fsp3) is 0.229. The average Bonchev–Trinajstić information content (AvgIpc) is 3.60. The summed E-state index contributed by atoms with van der Waals surface area (Å²) in [6.45, 7) is 11.7. The second-order valence-corrected chi connectivity index (χ2v) is 15.9. The molecule has 203 valence electrons. The van der Waals surface area contributed by atoms with Crippen LogP contribution in [0.4, 0.5) is 0 Å². The number of fused-ring (bicyclic) bond motifs is 1. The van der Waals surface area contributed by atoms with Gasteiger partial charge < -0.3 is 29.4 Å². The normalized spacial score (nSPS) is 15.6. The quantitative estimate of drug-likeness (QED) is 0.205. The van der Waals surface area contributed by atoms with Gasteiger partial charge in [0.25, 0.3) is 0 Å². The SMILES string of the molecule is CC1=C2c3cn(-c4ccccc4)cc3C1[Si]2(C)C.CCCc1ccc(-c2cccc3[cH-]c(C)cc23)cc1.[Cl-].[Cl-].[Zr+3]. The van der Waals surface area contributed by atoms with E-state index in [1.165, 1.54) is 57.1 Å². The molecule has 1 aromatic heterocycles. The Kier molecular flexibility index (Phi) is 10.4. The topological polar surface area (TPSA) is 4.93 Å². The van der Waals surface area contributed by atoms with Crippen LogP contribution in [0.5, 0.6) is 0 Å². The van der Waals surface area contributed by atoms with E-state index in [9.17, 15) is 0 Å². The predicted octanol–water partition coefficient (Wildman–Crippen LogP) is 3.64. The molecule has 3 aliphatic rings. The summed E-state index contributed by atoms with van der Waals surface area (Å²) in [6.07, 6.45) is 7.07. The van der Waals surface area contributed by atoms with Gasteiger partial charge in [0, 0.05) is 23.6 Å². The summed E-state index contributed by atoms with van der Waals surface area (Å²) in [5.41, 5.74) is 12.3. The first-order valence-electron chi connectivity index (χ1n) is 13.6. The fourth-order valence-electron chi connectivity index (χ4n) is 6.88. The zero-order valence-corrected chi connectivity index (χ0v) is 28.9. The number of halogens is 2. The van der Waals surface area contributed by atoms with Crippen molar-refractivity contribution in [2.24, 2.45) is 0 Å². The molecule has 0 saturated carbocycles. The van der Waals surface area contributed by atoms with Gasteiger partial charge in [-0.1, -0.05) is 98.2 Å². The molecule has 40 heavy (non-hydrogen) atoms. The molecule has 3 heterocycles. The van der Waals surface area contributed by atoms with Gasteiger partial charge in [0.05, 0.1) is 8.07 Å². The number of hydrogen-bond donors (Lipinski definition) is 0. The van der Waals surface area contributed by atoms with Crippen LogP contribution >= 0.6 is 0 Å². The van der Waals surface area contributed by atoms with Gasteiger partial charge in [0.15, 0.2) is 0 Å². The van der Waals surface area contributed by atoms with Gasteiger partial charge in [0.2, 0.25) is 0 Å². The van der Waals surface area contributed by atoms with Crippen LogP contribution in [0.15, 0.2) is 103 Å². The Bertz CT molecular complexity index is 1630. The van der Waals surface area contributed by atoms with Crippen LogP contribution in [0.25, 0.3) is 32.8 Å². The first-order valence-corrected chi connectivity index (χ1v) is 16.7. The minimum absolute atomic E-state index is 0. The summed E-state index contributed by atoms with van der Waals surface area (Å²) in [5.74, 6) is 0. The number of allylic oxidation sites excluding steroid dienone is 1. The Morgan fingerprint density at radius 1 is 0.825 bits per heavy atom. The maximum absolute atomic E-state index is 2.51. The van der Waals surface area contributed by atoms with Crippen molar-refractivity contribution < 1.29 is 51.0 Å². The first-order chi connectivity index (χ1) is 17.9. The fourth-order valence-corrected chi connectivity index (χ4v) is 11.2. The van der Waals surface area contributed by atoms with Crippen molar-refractivity contribution in [3.8, 4) is 16.8 Å². The van der Waals surface area contributed by atoms with Gasteiger partial charge >= 0.3 is 26.2 Å². The Morgan fingerprint density at radius 3 is 2.15 bits per heavy atom. The van der Waals surface area contributed by atoms with E-state index in [-0.39, 0.29) is 51.0 Å². The van der Waals surface area contributed by atoms with Crippen LogP contribution < -0.4 is 24.8 Å². The summed E-state index contributed by atoms with van der Waals surface area (Å²) in [7, 11) is -1.12. The second kappa shape index (κ2) is 12.9. The molecule has 0 N–H and O–H groups in total. The van der Waals surface area contributed by atoms with Crippen molar-refractivity contribution in [2.75, 3.05) is 0 Å². The number of para-hydroxylation sites is 1. The van der Waals surface area contributed by atoms with Crippen molar-refractivity contribution in [3.05, 3.63) is 125 Å². The van der Waals surface area contributed by atoms with Gasteiger partial charge in [-0.15, -0.1) is 34.5 Å². The summed E-state index contributed by atoms with van der Waals surface area (Å²) in [6, 6.07) is 30.7. The number of aromatic nitrogens is 1. The summed E-state index contributed by atoms with van der Waals surface area (Å²) < 4.78 is 2.29. The third kappa shape index (κ3) is 5.56. The van der Waals surface area contributed by atoms with Gasteiger partial charge in [-0.2, -0.15) is 6.07 Å². The number of hydrogen-bond acceptors (Lipinski definition) is 0. The van der Waals surface area contributed by atoms with E-state index in [4.69, 9.17) is 0 Å². The van der Waals surface area contributed by atoms with E-state index < -0.39 is 8.07 Å². The molecular formula is C35H36Cl2NSiZr.